The van der Waals surface area contributed by atoms with Crippen LogP contribution in [0.1, 0.15) is 26.7 Å². The SMILES string of the molecule is CCCC(=O)NNC(=O)[C@@H](C)Oc1ccccc1. The average molecular weight is 250 g/mol. The van der Waals surface area contributed by atoms with Crippen LogP contribution in [0.2, 0.25) is 0 Å². The van der Waals surface area contributed by atoms with E-state index in [0.717, 1.165) is 6.42 Å². The van der Waals surface area contributed by atoms with Gasteiger partial charge in [-0.3, -0.25) is 20.4 Å². The van der Waals surface area contributed by atoms with Crippen LogP contribution in [0, 0.1) is 0 Å². The zero-order valence-electron chi connectivity index (χ0n) is 10.6. The molecule has 0 saturated carbocycles. The Labute approximate surface area is 106 Å². The molecule has 0 fully saturated rings. The smallest absolute Gasteiger partial charge is 0.279 e. The van der Waals surface area contributed by atoms with Gasteiger partial charge in [-0.1, -0.05) is 25.1 Å². The molecule has 18 heavy (non-hydrogen) atoms. The summed E-state index contributed by atoms with van der Waals surface area (Å²) in [5.41, 5.74) is 4.66. The molecule has 2 amide bonds. The second-order valence-electron chi connectivity index (χ2n) is 3.86. The van der Waals surface area contributed by atoms with E-state index in [4.69, 9.17) is 4.74 Å². The molecule has 1 atom stereocenters. The third-order valence-corrected chi connectivity index (χ3v) is 2.23. The van der Waals surface area contributed by atoms with E-state index in [1.807, 2.05) is 25.1 Å². The topological polar surface area (TPSA) is 67.4 Å². The van der Waals surface area contributed by atoms with Gasteiger partial charge in [0.1, 0.15) is 5.75 Å². The van der Waals surface area contributed by atoms with Crippen LogP contribution < -0.4 is 15.6 Å². The molecule has 0 spiro atoms. The van der Waals surface area contributed by atoms with Crippen LogP contribution in [0.25, 0.3) is 0 Å². The predicted octanol–water partition coefficient (Wildman–Crippen LogP) is 1.40. The Hall–Kier alpha value is -2.04. The second-order valence-corrected chi connectivity index (χ2v) is 3.86. The highest BCUT2D eigenvalue weighted by molar-refractivity contribution is 5.84. The molecule has 5 nitrogen and oxygen atoms in total. The van der Waals surface area contributed by atoms with Gasteiger partial charge in [-0.15, -0.1) is 0 Å². The number of hydrazine groups is 1. The molecule has 1 aromatic rings. The van der Waals surface area contributed by atoms with E-state index in [9.17, 15) is 9.59 Å². The fourth-order valence-corrected chi connectivity index (χ4v) is 1.28. The van der Waals surface area contributed by atoms with Gasteiger partial charge in [0.25, 0.3) is 5.91 Å². The molecule has 0 aliphatic heterocycles. The van der Waals surface area contributed by atoms with Crippen molar-refractivity contribution in [1.29, 1.82) is 0 Å². The van der Waals surface area contributed by atoms with Crippen molar-refractivity contribution in [2.24, 2.45) is 0 Å². The number of hydrogen-bond acceptors (Lipinski definition) is 3. The Bertz CT molecular complexity index is 392. The van der Waals surface area contributed by atoms with Gasteiger partial charge in [0.2, 0.25) is 5.91 Å². The standard InChI is InChI=1S/C13H18N2O3/c1-3-7-12(16)14-15-13(17)10(2)18-11-8-5-4-6-9-11/h4-6,8-10H,3,7H2,1-2H3,(H,14,16)(H,15,17)/t10-/m1/s1. The molecule has 0 saturated heterocycles. The molecule has 5 heteroatoms. The highest BCUT2D eigenvalue weighted by Crippen LogP contribution is 2.10. The fourth-order valence-electron chi connectivity index (χ4n) is 1.28. The summed E-state index contributed by atoms with van der Waals surface area (Å²) in [7, 11) is 0. The Balaban J connectivity index is 2.35. The summed E-state index contributed by atoms with van der Waals surface area (Å²) in [4.78, 5) is 22.8. The summed E-state index contributed by atoms with van der Waals surface area (Å²) in [6.07, 6.45) is 0.445. The van der Waals surface area contributed by atoms with Crippen molar-refractivity contribution >= 4 is 11.8 Å². The van der Waals surface area contributed by atoms with Crippen LogP contribution in [-0.2, 0) is 9.59 Å². The van der Waals surface area contributed by atoms with Gasteiger partial charge in [0, 0.05) is 6.42 Å². The van der Waals surface area contributed by atoms with Gasteiger partial charge >= 0.3 is 0 Å². The minimum atomic E-state index is -0.672. The molecular formula is C13H18N2O3. The first-order valence-corrected chi connectivity index (χ1v) is 5.94. The summed E-state index contributed by atoms with van der Waals surface area (Å²) in [6, 6.07) is 9.04. The van der Waals surface area contributed by atoms with Crippen molar-refractivity contribution in [1.82, 2.24) is 10.9 Å². The number of amides is 2. The average Bonchev–Trinajstić information content (AvgIpc) is 2.37. The first-order valence-electron chi connectivity index (χ1n) is 5.94. The number of para-hydroxylation sites is 1. The van der Waals surface area contributed by atoms with Gasteiger partial charge in [0.05, 0.1) is 0 Å². The van der Waals surface area contributed by atoms with Crippen LogP contribution in [-0.4, -0.2) is 17.9 Å². The molecule has 0 heterocycles. The number of carbonyl (C=O) groups excluding carboxylic acids is 2. The van der Waals surface area contributed by atoms with E-state index in [1.54, 1.807) is 19.1 Å². The first kappa shape index (κ1) is 14.0. The second kappa shape index (κ2) is 7.32. The number of benzene rings is 1. The molecule has 0 unspecified atom stereocenters. The lowest BCUT2D eigenvalue weighted by Crippen LogP contribution is -2.47. The van der Waals surface area contributed by atoms with E-state index in [-0.39, 0.29) is 11.8 Å². The Morgan fingerprint density at radius 2 is 1.89 bits per heavy atom. The highest BCUT2D eigenvalue weighted by atomic mass is 16.5. The monoisotopic (exact) mass is 250 g/mol. The zero-order valence-corrected chi connectivity index (χ0v) is 10.6. The summed E-state index contributed by atoms with van der Waals surface area (Å²) in [5, 5.41) is 0. The lowest BCUT2D eigenvalue weighted by Gasteiger charge is -2.14. The van der Waals surface area contributed by atoms with Crippen molar-refractivity contribution in [3.05, 3.63) is 30.3 Å². The van der Waals surface area contributed by atoms with Gasteiger partial charge in [0.15, 0.2) is 6.10 Å². The van der Waals surface area contributed by atoms with Gasteiger partial charge in [-0.25, -0.2) is 0 Å². The van der Waals surface area contributed by atoms with Crippen molar-refractivity contribution in [2.45, 2.75) is 32.8 Å². The number of rotatable bonds is 5. The molecule has 1 rings (SSSR count). The fraction of sp³-hybridized carbons (Fsp3) is 0.385. The van der Waals surface area contributed by atoms with Crippen LogP contribution in [0.4, 0.5) is 0 Å². The van der Waals surface area contributed by atoms with Gasteiger partial charge in [-0.05, 0) is 25.5 Å². The van der Waals surface area contributed by atoms with Crippen molar-refractivity contribution in [3.63, 3.8) is 0 Å². The van der Waals surface area contributed by atoms with Gasteiger partial charge in [-0.2, -0.15) is 0 Å². The number of carbonyl (C=O) groups is 2. The van der Waals surface area contributed by atoms with Gasteiger partial charge < -0.3 is 4.74 Å². The molecule has 98 valence electrons. The summed E-state index contributed by atoms with van der Waals surface area (Å²) in [6.45, 7) is 3.51. The quantitative estimate of drug-likeness (QED) is 0.776. The van der Waals surface area contributed by atoms with Crippen LogP contribution >= 0.6 is 0 Å². The molecule has 0 aliphatic rings. The Morgan fingerprint density at radius 3 is 2.50 bits per heavy atom. The van der Waals surface area contributed by atoms with Crippen molar-refractivity contribution < 1.29 is 14.3 Å². The normalized spacial score (nSPS) is 11.4. The molecule has 1 aromatic carbocycles. The van der Waals surface area contributed by atoms with E-state index >= 15 is 0 Å². The zero-order chi connectivity index (χ0) is 13.4. The van der Waals surface area contributed by atoms with E-state index in [1.165, 1.54) is 0 Å². The lowest BCUT2D eigenvalue weighted by atomic mass is 10.3. The maximum atomic E-state index is 11.6. The Morgan fingerprint density at radius 1 is 1.22 bits per heavy atom. The Kier molecular flexibility index (Phi) is 5.70. The number of hydrogen-bond donors (Lipinski definition) is 2. The third kappa shape index (κ3) is 4.86. The van der Waals surface area contributed by atoms with Crippen LogP contribution in [0.3, 0.4) is 0 Å². The highest BCUT2D eigenvalue weighted by Gasteiger charge is 2.14. The maximum Gasteiger partial charge on any atom is 0.279 e. The molecule has 0 aromatic heterocycles. The molecule has 0 radical (unpaired) electrons. The minimum absolute atomic E-state index is 0.210. The molecule has 0 bridgehead atoms. The lowest BCUT2D eigenvalue weighted by molar-refractivity contribution is -0.132. The summed E-state index contributed by atoms with van der Waals surface area (Å²) >= 11 is 0. The van der Waals surface area contributed by atoms with Crippen molar-refractivity contribution in [2.75, 3.05) is 0 Å². The van der Waals surface area contributed by atoms with E-state index in [2.05, 4.69) is 10.9 Å². The third-order valence-electron chi connectivity index (χ3n) is 2.23. The first-order chi connectivity index (χ1) is 8.63. The number of ether oxygens (including phenoxy) is 1. The molecule has 2 N–H and O–H groups in total. The van der Waals surface area contributed by atoms with Crippen LogP contribution in [0.15, 0.2) is 30.3 Å². The predicted molar refractivity (Wildman–Crippen MR) is 67.7 cm³/mol. The maximum absolute atomic E-state index is 11.6. The number of nitrogens with one attached hydrogen (secondary N) is 2. The van der Waals surface area contributed by atoms with E-state index in [0.29, 0.717) is 12.2 Å². The summed E-state index contributed by atoms with van der Waals surface area (Å²) < 4.78 is 5.41. The minimum Gasteiger partial charge on any atom is -0.481 e. The van der Waals surface area contributed by atoms with Crippen LogP contribution in [0.5, 0.6) is 5.75 Å². The summed E-state index contributed by atoms with van der Waals surface area (Å²) in [5.74, 6) is 0.0149. The van der Waals surface area contributed by atoms with E-state index < -0.39 is 6.10 Å². The molecule has 0 aliphatic carbocycles. The molecular weight excluding hydrogens is 232 g/mol. The van der Waals surface area contributed by atoms with Crippen molar-refractivity contribution in [3.8, 4) is 5.75 Å². The largest absolute Gasteiger partial charge is 0.481 e.